The number of amides is 2. The van der Waals surface area contributed by atoms with Crippen LogP contribution in [0.15, 0.2) is 54.2 Å². The Morgan fingerprint density at radius 1 is 0.906 bits per heavy atom. The lowest BCUT2D eigenvalue weighted by Crippen LogP contribution is -2.47. The first-order valence-corrected chi connectivity index (χ1v) is 11.3. The van der Waals surface area contributed by atoms with E-state index in [1.54, 1.807) is 7.11 Å². The second kappa shape index (κ2) is 9.47. The van der Waals surface area contributed by atoms with Crippen LogP contribution in [-0.4, -0.2) is 61.4 Å². The van der Waals surface area contributed by atoms with Gasteiger partial charge in [-0.15, -0.1) is 0 Å². The van der Waals surface area contributed by atoms with Crippen LogP contribution in [-0.2, 0) is 9.59 Å². The Morgan fingerprint density at radius 2 is 1.59 bits per heavy atom. The highest BCUT2D eigenvalue weighted by atomic mass is 16.5. The number of hydrogen-bond acceptors (Lipinski definition) is 5. The smallest absolute Gasteiger partial charge is 0.277 e. The quantitative estimate of drug-likeness (QED) is 0.623. The van der Waals surface area contributed by atoms with E-state index in [4.69, 9.17) is 4.74 Å². The molecular formula is C26H31N3O3. The molecule has 2 heterocycles. The Balaban J connectivity index is 1.62. The first-order chi connectivity index (χ1) is 15.5. The highest BCUT2D eigenvalue weighted by Crippen LogP contribution is 2.33. The predicted molar refractivity (Wildman–Crippen MR) is 127 cm³/mol. The summed E-state index contributed by atoms with van der Waals surface area (Å²) in [6.07, 6.45) is 1.74. The van der Waals surface area contributed by atoms with Crippen LogP contribution < -0.4 is 9.64 Å². The molecule has 0 aliphatic carbocycles. The number of rotatable bonds is 7. The molecule has 4 rings (SSSR count). The van der Waals surface area contributed by atoms with Gasteiger partial charge in [-0.05, 0) is 48.7 Å². The minimum Gasteiger partial charge on any atom is -0.497 e. The molecule has 0 atom stereocenters. The van der Waals surface area contributed by atoms with Crippen LogP contribution in [0.2, 0.25) is 0 Å². The highest BCUT2D eigenvalue weighted by Gasteiger charge is 2.41. The largest absolute Gasteiger partial charge is 0.497 e. The average molecular weight is 434 g/mol. The summed E-state index contributed by atoms with van der Waals surface area (Å²) >= 11 is 0. The maximum absolute atomic E-state index is 13.4. The molecule has 0 saturated carbocycles. The van der Waals surface area contributed by atoms with Crippen molar-refractivity contribution < 1.29 is 14.3 Å². The molecule has 32 heavy (non-hydrogen) atoms. The van der Waals surface area contributed by atoms with Crippen molar-refractivity contribution in [2.24, 2.45) is 0 Å². The average Bonchev–Trinajstić information content (AvgIpc) is 3.07. The maximum Gasteiger partial charge on any atom is 0.277 e. The summed E-state index contributed by atoms with van der Waals surface area (Å²) in [5, 5.41) is 0. The summed E-state index contributed by atoms with van der Waals surface area (Å²) in [7, 11) is 1.62. The van der Waals surface area contributed by atoms with E-state index >= 15 is 0 Å². The Bertz CT molecular complexity index is 1020. The van der Waals surface area contributed by atoms with E-state index in [2.05, 4.69) is 47.9 Å². The minimum atomic E-state index is -0.190. The Morgan fingerprint density at radius 3 is 2.22 bits per heavy atom. The molecule has 1 fully saturated rings. The number of benzene rings is 2. The summed E-state index contributed by atoms with van der Waals surface area (Å²) in [5.74, 6) is 0.366. The topological polar surface area (TPSA) is 53.1 Å². The van der Waals surface area contributed by atoms with Gasteiger partial charge in [0.05, 0.1) is 12.7 Å². The third-order valence-corrected chi connectivity index (χ3v) is 6.22. The molecule has 0 unspecified atom stereocenters. The van der Waals surface area contributed by atoms with Gasteiger partial charge in [-0.2, -0.15) is 0 Å². The molecule has 0 spiro atoms. The maximum atomic E-state index is 13.4. The number of unbranched alkanes of at least 4 members (excludes halogenated alkanes) is 1. The van der Waals surface area contributed by atoms with Crippen molar-refractivity contribution in [3.05, 3.63) is 65.4 Å². The zero-order valence-electron chi connectivity index (χ0n) is 19.1. The highest BCUT2D eigenvalue weighted by molar-refractivity contribution is 6.35. The number of imide groups is 1. The number of anilines is 1. The van der Waals surface area contributed by atoms with Gasteiger partial charge in [0.15, 0.2) is 0 Å². The lowest BCUT2D eigenvalue weighted by Gasteiger charge is -2.37. The number of hydrogen-bond donors (Lipinski definition) is 0. The Labute approximate surface area is 190 Å². The van der Waals surface area contributed by atoms with Crippen molar-refractivity contribution in [3.8, 4) is 5.75 Å². The van der Waals surface area contributed by atoms with E-state index in [1.165, 1.54) is 16.2 Å². The van der Waals surface area contributed by atoms with E-state index in [9.17, 15) is 9.59 Å². The van der Waals surface area contributed by atoms with E-state index in [1.807, 2.05) is 24.3 Å². The van der Waals surface area contributed by atoms with Crippen LogP contribution in [0.3, 0.4) is 0 Å². The van der Waals surface area contributed by atoms with Crippen molar-refractivity contribution in [2.45, 2.75) is 26.7 Å². The SMILES string of the molecule is CCCCN1C(=O)C(c2ccc(OC)cc2)=C(N2CCN(c3cccc(C)c3)CC2)C1=O. The summed E-state index contributed by atoms with van der Waals surface area (Å²) in [6, 6.07) is 15.9. The third-order valence-electron chi connectivity index (χ3n) is 6.22. The molecule has 0 N–H and O–H groups in total. The first-order valence-electron chi connectivity index (χ1n) is 11.3. The molecule has 0 radical (unpaired) electrons. The first kappa shape index (κ1) is 21.9. The summed E-state index contributed by atoms with van der Waals surface area (Å²) in [6.45, 7) is 7.62. The summed E-state index contributed by atoms with van der Waals surface area (Å²) < 4.78 is 5.27. The number of piperazine rings is 1. The van der Waals surface area contributed by atoms with E-state index in [0.29, 0.717) is 30.9 Å². The van der Waals surface area contributed by atoms with Gasteiger partial charge in [-0.25, -0.2) is 0 Å². The van der Waals surface area contributed by atoms with Gasteiger partial charge in [-0.1, -0.05) is 37.6 Å². The van der Waals surface area contributed by atoms with Crippen LogP contribution in [0.1, 0.15) is 30.9 Å². The van der Waals surface area contributed by atoms with Crippen LogP contribution in [0, 0.1) is 6.92 Å². The van der Waals surface area contributed by atoms with Crippen molar-refractivity contribution in [2.75, 3.05) is 44.7 Å². The molecule has 2 aromatic rings. The number of carbonyl (C=O) groups excluding carboxylic acids is 2. The van der Waals surface area contributed by atoms with Gasteiger partial charge in [-0.3, -0.25) is 14.5 Å². The Kier molecular flexibility index (Phi) is 6.49. The lowest BCUT2D eigenvalue weighted by molar-refractivity contribution is -0.137. The van der Waals surface area contributed by atoms with E-state index < -0.39 is 0 Å². The molecule has 1 saturated heterocycles. The van der Waals surface area contributed by atoms with Gasteiger partial charge < -0.3 is 14.5 Å². The van der Waals surface area contributed by atoms with Gasteiger partial charge in [0, 0.05) is 38.4 Å². The van der Waals surface area contributed by atoms with E-state index in [-0.39, 0.29) is 11.8 Å². The molecule has 2 aromatic carbocycles. The fourth-order valence-corrected chi connectivity index (χ4v) is 4.41. The molecule has 2 aliphatic rings. The predicted octanol–water partition coefficient (Wildman–Crippen LogP) is 3.71. The van der Waals surface area contributed by atoms with Crippen LogP contribution in [0.25, 0.3) is 5.57 Å². The number of aryl methyl sites for hydroxylation is 1. The Hall–Kier alpha value is -3.28. The van der Waals surface area contributed by atoms with Gasteiger partial charge in [0.1, 0.15) is 11.4 Å². The van der Waals surface area contributed by atoms with Crippen LogP contribution in [0.4, 0.5) is 5.69 Å². The van der Waals surface area contributed by atoms with Crippen LogP contribution >= 0.6 is 0 Å². The third kappa shape index (κ3) is 4.22. The number of methoxy groups -OCH3 is 1. The number of nitrogens with zero attached hydrogens (tertiary/aromatic N) is 3. The second-order valence-corrected chi connectivity index (χ2v) is 8.38. The molecular weight excluding hydrogens is 402 g/mol. The zero-order valence-corrected chi connectivity index (χ0v) is 19.1. The van der Waals surface area contributed by atoms with E-state index in [0.717, 1.165) is 37.2 Å². The molecule has 0 aromatic heterocycles. The second-order valence-electron chi connectivity index (χ2n) is 8.38. The van der Waals surface area contributed by atoms with Crippen molar-refractivity contribution >= 4 is 23.1 Å². The molecule has 6 heteroatoms. The zero-order chi connectivity index (χ0) is 22.7. The van der Waals surface area contributed by atoms with Gasteiger partial charge >= 0.3 is 0 Å². The van der Waals surface area contributed by atoms with Crippen LogP contribution in [0.5, 0.6) is 5.75 Å². The summed E-state index contributed by atoms with van der Waals surface area (Å²) in [5.41, 5.74) is 4.25. The van der Waals surface area contributed by atoms with Crippen molar-refractivity contribution in [3.63, 3.8) is 0 Å². The van der Waals surface area contributed by atoms with Crippen molar-refractivity contribution in [1.82, 2.24) is 9.80 Å². The normalized spacial score (nSPS) is 16.9. The monoisotopic (exact) mass is 433 g/mol. The fourth-order valence-electron chi connectivity index (χ4n) is 4.41. The fraction of sp³-hybridized carbons (Fsp3) is 0.385. The molecule has 2 amide bonds. The molecule has 168 valence electrons. The molecule has 2 aliphatic heterocycles. The standard InChI is InChI=1S/C26H31N3O3/c1-4-5-13-29-25(30)23(20-9-11-22(32-3)12-10-20)24(26(29)31)28-16-14-27(15-17-28)21-8-6-7-19(2)18-21/h6-12,18H,4-5,13-17H2,1-3H3. The lowest BCUT2D eigenvalue weighted by atomic mass is 10.0. The van der Waals surface area contributed by atoms with Crippen molar-refractivity contribution in [1.29, 1.82) is 0 Å². The minimum absolute atomic E-state index is 0.168. The van der Waals surface area contributed by atoms with Gasteiger partial charge in [0.25, 0.3) is 11.8 Å². The number of ether oxygens (including phenoxy) is 1. The van der Waals surface area contributed by atoms with Gasteiger partial charge in [0.2, 0.25) is 0 Å². The summed E-state index contributed by atoms with van der Waals surface area (Å²) in [4.78, 5) is 32.6. The molecule has 6 nitrogen and oxygen atoms in total. The molecule has 0 bridgehead atoms. The number of carbonyl (C=O) groups is 2.